The molecule has 0 spiro atoms. The summed E-state index contributed by atoms with van der Waals surface area (Å²) < 4.78 is 10.4. The predicted octanol–water partition coefficient (Wildman–Crippen LogP) is 3.43. The highest BCUT2D eigenvalue weighted by atomic mass is 32.1. The van der Waals surface area contributed by atoms with Gasteiger partial charge in [-0.15, -0.1) is 11.3 Å². The zero-order chi connectivity index (χ0) is 18.4. The lowest BCUT2D eigenvalue weighted by Gasteiger charge is -2.08. The summed E-state index contributed by atoms with van der Waals surface area (Å²) >= 11 is 1.33. The minimum absolute atomic E-state index is 0.204. The van der Waals surface area contributed by atoms with Gasteiger partial charge in [-0.25, -0.2) is 4.79 Å². The fourth-order valence-corrected chi connectivity index (χ4v) is 3.17. The Kier molecular flexibility index (Phi) is 6.14. The van der Waals surface area contributed by atoms with E-state index in [1.807, 2.05) is 19.9 Å². The van der Waals surface area contributed by atoms with Crippen molar-refractivity contribution in [1.82, 2.24) is 0 Å². The van der Waals surface area contributed by atoms with Crippen LogP contribution in [0.15, 0.2) is 24.3 Å². The number of hydrogen-bond acceptors (Lipinski definition) is 6. The molecule has 2 rings (SSSR count). The topological polar surface area (TPSA) is 88.4 Å². The first kappa shape index (κ1) is 18.5. The number of amides is 1. The molecule has 2 aromatic rings. The number of carbonyl (C=O) groups is 2. The average molecular weight is 358 g/mol. The maximum Gasteiger partial charge on any atom is 0.341 e. The fraction of sp³-hybridized carbons (Fsp3) is 0.278. The van der Waals surface area contributed by atoms with Crippen LogP contribution in [0.5, 0.6) is 5.75 Å². The van der Waals surface area contributed by atoms with Crippen molar-refractivity contribution in [2.24, 2.45) is 0 Å². The van der Waals surface area contributed by atoms with Crippen molar-refractivity contribution in [1.29, 1.82) is 5.26 Å². The molecule has 0 radical (unpaired) electrons. The Morgan fingerprint density at radius 2 is 1.92 bits per heavy atom. The molecule has 0 bridgehead atoms. The van der Waals surface area contributed by atoms with Gasteiger partial charge in [-0.1, -0.05) is 0 Å². The van der Waals surface area contributed by atoms with Crippen molar-refractivity contribution in [3.63, 3.8) is 0 Å². The van der Waals surface area contributed by atoms with Gasteiger partial charge in [-0.2, -0.15) is 5.26 Å². The SMILES string of the molecule is CCOC(=O)c1c(NC(=O)COc2ccc(C#N)cc2)sc(C)c1C. The van der Waals surface area contributed by atoms with E-state index in [4.69, 9.17) is 14.7 Å². The van der Waals surface area contributed by atoms with E-state index >= 15 is 0 Å². The van der Waals surface area contributed by atoms with Gasteiger partial charge >= 0.3 is 5.97 Å². The third kappa shape index (κ3) is 4.58. The molecule has 1 amide bonds. The highest BCUT2D eigenvalue weighted by molar-refractivity contribution is 7.16. The zero-order valence-electron chi connectivity index (χ0n) is 14.2. The Morgan fingerprint density at radius 3 is 2.52 bits per heavy atom. The molecular weight excluding hydrogens is 340 g/mol. The number of nitrogens with one attached hydrogen (secondary N) is 1. The lowest BCUT2D eigenvalue weighted by molar-refractivity contribution is -0.118. The molecule has 6 nitrogen and oxygen atoms in total. The average Bonchev–Trinajstić information content (AvgIpc) is 2.87. The Labute approximate surface area is 150 Å². The van der Waals surface area contributed by atoms with Gasteiger partial charge in [0.15, 0.2) is 6.61 Å². The highest BCUT2D eigenvalue weighted by Crippen LogP contribution is 2.33. The molecule has 0 aliphatic carbocycles. The molecule has 25 heavy (non-hydrogen) atoms. The van der Waals surface area contributed by atoms with Gasteiger partial charge in [0.1, 0.15) is 10.8 Å². The van der Waals surface area contributed by atoms with Crippen LogP contribution in [0.3, 0.4) is 0 Å². The second-order valence-corrected chi connectivity index (χ2v) is 6.41. The maximum absolute atomic E-state index is 12.1. The van der Waals surface area contributed by atoms with E-state index in [1.54, 1.807) is 31.2 Å². The summed E-state index contributed by atoms with van der Waals surface area (Å²) in [5, 5.41) is 11.9. The maximum atomic E-state index is 12.1. The van der Waals surface area contributed by atoms with E-state index in [2.05, 4.69) is 5.32 Å². The fourth-order valence-electron chi connectivity index (χ4n) is 2.10. The number of nitrogens with zero attached hydrogens (tertiary/aromatic N) is 1. The molecule has 1 aromatic carbocycles. The Morgan fingerprint density at radius 1 is 1.24 bits per heavy atom. The summed E-state index contributed by atoms with van der Waals surface area (Å²) in [6.45, 7) is 5.50. The van der Waals surface area contributed by atoms with Gasteiger partial charge in [0.05, 0.1) is 23.8 Å². The van der Waals surface area contributed by atoms with Crippen LogP contribution >= 0.6 is 11.3 Å². The second-order valence-electron chi connectivity index (χ2n) is 5.18. The molecule has 1 aromatic heterocycles. The summed E-state index contributed by atoms with van der Waals surface area (Å²) in [5.41, 5.74) is 1.70. The van der Waals surface area contributed by atoms with Crippen molar-refractivity contribution in [2.45, 2.75) is 20.8 Å². The lowest BCUT2D eigenvalue weighted by Crippen LogP contribution is -2.21. The Hall–Kier alpha value is -2.85. The lowest BCUT2D eigenvalue weighted by atomic mass is 10.1. The monoisotopic (exact) mass is 358 g/mol. The minimum Gasteiger partial charge on any atom is -0.484 e. The molecule has 0 saturated carbocycles. The van der Waals surface area contributed by atoms with E-state index in [9.17, 15) is 9.59 Å². The van der Waals surface area contributed by atoms with E-state index in [-0.39, 0.29) is 19.1 Å². The van der Waals surface area contributed by atoms with Crippen molar-refractivity contribution < 1.29 is 19.1 Å². The Bertz CT molecular complexity index is 819. The molecule has 130 valence electrons. The molecule has 1 heterocycles. The number of ether oxygens (including phenoxy) is 2. The molecular formula is C18H18N2O4S. The molecule has 0 unspecified atom stereocenters. The normalized spacial score (nSPS) is 10.0. The number of rotatable bonds is 6. The molecule has 0 aliphatic heterocycles. The summed E-state index contributed by atoms with van der Waals surface area (Å²) in [4.78, 5) is 25.2. The predicted molar refractivity (Wildman–Crippen MR) is 95.0 cm³/mol. The number of aryl methyl sites for hydroxylation is 1. The third-order valence-corrected chi connectivity index (χ3v) is 4.59. The second kappa shape index (κ2) is 8.31. The molecule has 0 aliphatic rings. The first-order valence-electron chi connectivity index (χ1n) is 7.66. The summed E-state index contributed by atoms with van der Waals surface area (Å²) in [5.74, 6) is -0.345. The van der Waals surface area contributed by atoms with E-state index in [0.29, 0.717) is 21.9 Å². The zero-order valence-corrected chi connectivity index (χ0v) is 15.0. The van der Waals surface area contributed by atoms with Crippen LogP contribution in [0, 0.1) is 25.2 Å². The van der Waals surface area contributed by atoms with E-state index < -0.39 is 5.97 Å². The standard InChI is InChI=1S/C18H18N2O4S/c1-4-23-18(22)16-11(2)12(3)25-17(16)20-15(21)10-24-14-7-5-13(9-19)6-8-14/h5-8H,4,10H2,1-3H3,(H,20,21). The van der Waals surface area contributed by atoms with Crippen LogP contribution in [-0.4, -0.2) is 25.1 Å². The quantitative estimate of drug-likeness (QED) is 0.799. The van der Waals surface area contributed by atoms with Crippen LogP contribution in [0.25, 0.3) is 0 Å². The molecule has 0 saturated heterocycles. The summed E-state index contributed by atoms with van der Waals surface area (Å²) in [6.07, 6.45) is 0. The molecule has 0 atom stereocenters. The number of thiophene rings is 1. The van der Waals surface area contributed by atoms with Crippen LogP contribution < -0.4 is 10.1 Å². The number of benzene rings is 1. The molecule has 1 N–H and O–H groups in total. The highest BCUT2D eigenvalue weighted by Gasteiger charge is 2.22. The van der Waals surface area contributed by atoms with Crippen molar-refractivity contribution >= 4 is 28.2 Å². The van der Waals surface area contributed by atoms with Crippen molar-refractivity contribution in [2.75, 3.05) is 18.5 Å². The minimum atomic E-state index is -0.451. The first-order valence-corrected chi connectivity index (χ1v) is 8.47. The number of nitriles is 1. The van der Waals surface area contributed by atoms with Crippen LogP contribution in [0.1, 0.15) is 33.3 Å². The number of carbonyl (C=O) groups excluding carboxylic acids is 2. The smallest absolute Gasteiger partial charge is 0.341 e. The van der Waals surface area contributed by atoms with Gasteiger partial charge in [0.25, 0.3) is 5.91 Å². The van der Waals surface area contributed by atoms with Crippen LogP contribution in [0.2, 0.25) is 0 Å². The van der Waals surface area contributed by atoms with Crippen molar-refractivity contribution in [3.8, 4) is 11.8 Å². The van der Waals surface area contributed by atoms with Gasteiger partial charge in [0, 0.05) is 4.88 Å². The summed E-state index contributed by atoms with van der Waals surface area (Å²) in [6, 6.07) is 8.47. The van der Waals surface area contributed by atoms with Crippen LogP contribution in [0.4, 0.5) is 5.00 Å². The number of esters is 1. The van der Waals surface area contributed by atoms with Gasteiger partial charge in [0.2, 0.25) is 0 Å². The van der Waals surface area contributed by atoms with E-state index in [1.165, 1.54) is 11.3 Å². The van der Waals surface area contributed by atoms with Gasteiger partial charge < -0.3 is 14.8 Å². The number of hydrogen-bond donors (Lipinski definition) is 1. The van der Waals surface area contributed by atoms with Crippen molar-refractivity contribution in [3.05, 3.63) is 45.8 Å². The summed E-state index contributed by atoms with van der Waals surface area (Å²) in [7, 11) is 0. The molecule has 7 heteroatoms. The van der Waals surface area contributed by atoms with Gasteiger partial charge in [-0.3, -0.25) is 4.79 Å². The third-order valence-electron chi connectivity index (χ3n) is 3.47. The first-order chi connectivity index (χ1) is 12.0. The van der Waals surface area contributed by atoms with Gasteiger partial charge in [-0.05, 0) is 50.6 Å². The van der Waals surface area contributed by atoms with Crippen LogP contribution in [-0.2, 0) is 9.53 Å². The van der Waals surface area contributed by atoms with E-state index in [0.717, 1.165) is 10.4 Å². The largest absolute Gasteiger partial charge is 0.484 e. The molecule has 0 fully saturated rings. The number of anilines is 1. The Balaban J connectivity index is 2.03.